The summed E-state index contributed by atoms with van der Waals surface area (Å²) in [6.45, 7) is 1.88. The quantitative estimate of drug-likeness (QED) is 0.848. The highest BCUT2D eigenvalue weighted by atomic mass is 35.5. The molecule has 0 heterocycles. The molecule has 2 aromatic carbocycles. The Hall–Kier alpha value is -1.38. The Kier molecular flexibility index (Phi) is 3.46. The third kappa shape index (κ3) is 2.84. The van der Waals surface area contributed by atoms with E-state index in [1.165, 1.54) is 6.07 Å². The lowest BCUT2D eigenvalue weighted by atomic mass is 10.2. The van der Waals surface area contributed by atoms with Crippen molar-refractivity contribution in [3.63, 3.8) is 0 Å². The Morgan fingerprint density at radius 2 is 1.82 bits per heavy atom. The first-order valence-corrected chi connectivity index (χ1v) is 5.74. The molecule has 0 aliphatic carbocycles. The highest BCUT2D eigenvalue weighted by Crippen LogP contribution is 2.33. The van der Waals surface area contributed by atoms with Crippen molar-refractivity contribution >= 4 is 23.2 Å². The molecule has 0 radical (unpaired) electrons. The molecule has 0 spiro atoms. The van der Waals surface area contributed by atoms with Gasteiger partial charge in [-0.2, -0.15) is 0 Å². The van der Waals surface area contributed by atoms with Gasteiger partial charge in [0.05, 0.1) is 0 Å². The molecule has 0 saturated carbocycles. The molecule has 0 aliphatic heterocycles. The van der Waals surface area contributed by atoms with Crippen molar-refractivity contribution in [1.29, 1.82) is 0 Å². The van der Waals surface area contributed by atoms with Crippen LogP contribution in [0.1, 0.15) is 5.56 Å². The number of phenolic OH excluding ortho intramolecular Hbond substituents is 1. The summed E-state index contributed by atoms with van der Waals surface area (Å²) in [4.78, 5) is 0. The van der Waals surface area contributed by atoms with Crippen LogP contribution in [0.25, 0.3) is 0 Å². The summed E-state index contributed by atoms with van der Waals surface area (Å²) in [5, 5.41) is 10.8. The van der Waals surface area contributed by atoms with E-state index in [4.69, 9.17) is 27.9 Å². The van der Waals surface area contributed by atoms with Crippen molar-refractivity contribution in [2.45, 2.75) is 6.92 Å². The van der Waals surface area contributed by atoms with Gasteiger partial charge >= 0.3 is 0 Å². The summed E-state index contributed by atoms with van der Waals surface area (Å²) in [6.07, 6.45) is 0. The van der Waals surface area contributed by atoms with Crippen LogP contribution in [0.2, 0.25) is 10.0 Å². The third-order valence-corrected chi connectivity index (χ3v) is 2.94. The van der Waals surface area contributed by atoms with Gasteiger partial charge in [-0.25, -0.2) is 0 Å². The minimum atomic E-state index is 0.0435. The van der Waals surface area contributed by atoms with Gasteiger partial charge in [-0.05, 0) is 42.8 Å². The molecule has 1 N–H and O–H groups in total. The number of halogens is 2. The Balaban J connectivity index is 2.31. The standard InChI is InChI=1S/C13H10Cl2O2/c1-8-6-10(3-4-11(8)15)17-13-7-9(14)2-5-12(13)16/h2-7,16H,1H3. The van der Waals surface area contributed by atoms with Crippen LogP contribution in [-0.2, 0) is 0 Å². The van der Waals surface area contributed by atoms with Gasteiger partial charge in [-0.3, -0.25) is 0 Å². The van der Waals surface area contributed by atoms with Crippen molar-refractivity contribution in [3.05, 3.63) is 52.0 Å². The van der Waals surface area contributed by atoms with Crippen LogP contribution in [0.4, 0.5) is 0 Å². The number of aryl methyl sites for hydroxylation is 1. The van der Waals surface area contributed by atoms with Crippen molar-refractivity contribution in [3.8, 4) is 17.2 Å². The lowest BCUT2D eigenvalue weighted by molar-refractivity contribution is 0.411. The normalized spacial score (nSPS) is 10.3. The molecule has 0 amide bonds. The summed E-state index contributed by atoms with van der Waals surface area (Å²) < 4.78 is 5.53. The van der Waals surface area contributed by atoms with Gasteiger partial charge in [0.15, 0.2) is 11.5 Å². The van der Waals surface area contributed by atoms with Gasteiger partial charge in [-0.1, -0.05) is 23.2 Å². The van der Waals surface area contributed by atoms with Crippen molar-refractivity contribution in [2.75, 3.05) is 0 Å². The minimum Gasteiger partial charge on any atom is -0.504 e. The Morgan fingerprint density at radius 3 is 2.53 bits per heavy atom. The lowest BCUT2D eigenvalue weighted by Crippen LogP contribution is -1.86. The molecule has 2 rings (SSSR count). The molecule has 0 unspecified atom stereocenters. The summed E-state index contributed by atoms with van der Waals surface area (Å²) in [6, 6.07) is 9.91. The van der Waals surface area contributed by atoms with Gasteiger partial charge in [-0.15, -0.1) is 0 Å². The van der Waals surface area contributed by atoms with E-state index in [2.05, 4.69) is 0 Å². The van der Waals surface area contributed by atoms with Crippen LogP contribution in [0.3, 0.4) is 0 Å². The second-order valence-corrected chi connectivity index (χ2v) is 4.47. The van der Waals surface area contributed by atoms with E-state index in [1.807, 2.05) is 6.92 Å². The fourth-order valence-electron chi connectivity index (χ4n) is 1.38. The smallest absolute Gasteiger partial charge is 0.170 e. The van der Waals surface area contributed by atoms with Crippen LogP contribution in [-0.4, -0.2) is 5.11 Å². The summed E-state index contributed by atoms with van der Waals surface area (Å²) in [7, 11) is 0. The minimum absolute atomic E-state index is 0.0435. The zero-order valence-electron chi connectivity index (χ0n) is 9.08. The number of benzene rings is 2. The van der Waals surface area contributed by atoms with E-state index in [0.29, 0.717) is 21.5 Å². The molecule has 2 nitrogen and oxygen atoms in total. The second-order valence-electron chi connectivity index (χ2n) is 3.63. The maximum absolute atomic E-state index is 9.61. The van der Waals surface area contributed by atoms with Gasteiger partial charge in [0.1, 0.15) is 5.75 Å². The molecule has 2 aromatic rings. The van der Waals surface area contributed by atoms with E-state index in [1.54, 1.807) is 30.3 Å². The fourth-order valence-corrected chi connectivity index (χ4v) is 1.66. The molecular weight excluding hydrogens is 259 g/mol. The number of phenols is 1. The number of rotatable bonds is 2. The molecule has 4 heteroatoms. The predicted octanol–water partition coefficient (Wildman–Crippen LogP) is 4.80. The fraction of sp³-hybridized carbons (Fsp3) is 0.0769. The highest BCUT2D eigenvalue weighted by molar-refractivity contribution is 6.31. The molecule has 0 saturated heterocycles. The zero-order chi connectivity index (χ0) is 12.4. The number of ether oxygens (including phenoxy) is 1. The first-order chi connectivity index (χ1) is 8.06. The van der Waals surface area contributed by atoms with E-state index in [9.17, 15) is 5.11 Å². The second kappa shape index (κ2) is 4.86. The molecule has 0 fully saturated rings. The summed E-state index contributed by atoms with van der Waals surface area (Å²) in [5.74, 6) is 0.964. The van der Waals surface area contributed by atoms with Crippen molar-refractivity contribution in [2.24, 2.45) is 0 Å². The Labute approximate surface area is 109 Å². The maximum Gasteiger partial charge on any atom is 0.170 e. The number of aromatic hydroxyl groups is 1. The van der Waals surface area contributed by atoms with Crippen LogP contribution in [0.5, 0.6) is 17.2 Å². The first kappa shape index (κ1) is 12.1. The van der Waals surface area contributed by atoms with Crippen LogP contribution >= 0.6 is 23.2 Å². The monoisotopic (exact) mass is 268 g/mol. The molecule has 0 atom stereocenters. The van der Waals surface area contributed by atoms with E-state index in [0.717, 1.165) is 5.56 Å². The third-order valence-electron chi connectivity index (χ3n) is 2.28. The van der Waals surface area contributed by atoms with Crippen LogP contribution < -0.4 is 4.74 Å². The lowest BCUT2D eigenvalue weighted by Gasteiger charge is -2.09. The first-order valence-electron chi connectivity index (χ1n) is 4.99. The molecule has 17 heavy (non-hydrogen) atoms. The number of hydrogen-bond acceptors (Lipinski definition) is 2. The average molecular weight is 269 g/mol. The molecule has 0 aliphatic rings. The van der Waals surface area contributed by atoms with Gasteiger partial charge in [0, 0.05) is 16.1 Å². The van der Waals surface area contributed by atoms with E-state index < -0.39 is 0 Å². The summed E-state index contributed by atoms with van der Waals surface area (Å²) >= 11 is 11.7. The van der Waals surface area contributed by atoms with Crippen molar-refractivity contribution in [1.82, 2.24) is 0 Å². The number of hydrogen-bond donors (Lipinski definition) is 1. The maximum atomic E-state index is 9.61. The van der Waals surface area contributed by atoms with Crippen LogP contribution in [0, 0.1) is 6.92 Å². The Morgan fingerprint density at radius 1 is 1.06 bits per heavy atom. The van der Waals surface area contributed by atoms with Crippen LogP contribution in [0.15, 0.2) is 36.4 Å². The largest absolute Gasteiger partial charge is 0.504 e. The SMILES string of the molecule is Cc1cc(Oc2cc(Cl)ccc2O)ccc1Cl. The molecular formula is C13H10Cl2O2. The molecule has 0 bridgehead atoms. The van der Waals surface area contributed by atoms with E-state index in [-0.39, 0.29) is 5.75 Å². The Bertz CT molecular complexity index is 553. The summed E-state index contributed by atoms with van der Waals surface area (Å²) in [5.41, 5.74) is 0.908. The highest BCUT2D eigenvalue weighted by Gasteiger charge is 2.05. The van der Waals surface area contributed by atoms with Gasteiger partial charge in [0.25, 0.3) is 0 Å². The zero-order valence-corrected chi connectivity index (χ0v) is 10.6. The van der Waals surface area contributed by atoms with Crippen molar-refractivity contribution < 1.29 is 9.84 Å². The average Bonchev–Trinajstić information content (AvgIpc) is 2.29. The topological polar surface area (TPSA) is 29.5 Å². The predicted molar refractivity (Wildman–Crippen MR) is 69.4 cm³/mol. The van der Waals surface area contributed by atoms with Gasteiger partial charge < -0.3 is 9.84 Å². The molecule has 0 aromatic heterocycles. The van der Waals surface area contributed by atoms with Gasteiger partial charge in [0.2, 0.25) is 0 Å². The van der Waals surface area contributed by atoms with E-state index >= 15 is 0 Å². The molecule has 88 valence electrons.